The zero-order valence-corrected chi connectivity index (χ0v) is 16.1. The Balaban J connectivity index is 1.88. The van der Waals surface area contributed by atoms with Crippen LogP contribution in [-0.4, -0.2) is 54.4 Å². The van der Waals surface area contributed by atoms with E-state index in [9.17, 15) is 18.3 Å². The third kappa shape index (κ3) is 3.68. The van der Waals surface area contributed by atoms with Crippen molar-refractivity contribution < 1.29 is 28.3 Å². The number of hydrogen-bond donors (Lipinski definition) is 3. The standard InChI is InChI=1S/C19H22N2O6S/c1-21-12-10-19(11-13-21,18(23)20-24)28(25,26)17-8-6-16(7-9-17)27-15-4-2-14(22)3-5-15/h2-9,22,24H,10-13H2,1H3,(H,20,23). The summed E-state index contributed by atoms with van der Waals surface area (Å²) in [4.78, 5) is 14.3. The van der Waals surface area contributed by atoms with Crippen molar-refractivity contribution in [2.45, 2.75) is 22.5 Å². The minimum Gasteiger partial charge on any atom is -0.508 e. The van der Waals surface area contributed by atoms with E-state index < -0.39 is 20.5 Å². The molecule has 0 spiro atoms. The molecule has 1 heterocycles. The molecular weight excluding hydrogens is 384 g/mol. The minimum atomic E-state index is -4.04. The molecule has 0 saturated carbocycles. The van der Waals surface area contributed by atoms with Gasteiger partial charge in [-0.2, -0.15) is 0 Å². The largest absolute Gasteiger partial charge is 0.508 e. The van der Waals surface area contributed by atoms with Crippen molar-refractivity contribution >= 4 is 15.7 Å². The molecule has 28 heavy (non-hydrogen) atoms. The fourth-order valence-corrected chi connectivity index (χ4v) is 5.22. The molecule has 1 aliphatic rings. The van der Waals surface area contributed by atoms with Crippen LogP contribution in [0.2, 0.25) is 0 Å². The van der Waals surface area contributed by atoms with E-state index in [0.29, 0.717) is 24.6 Å². The van der Waals surface area contributed by atoms with Crippen molar-refractivity contribution in [3.8, 4) is 17.2 Å². The topological polar surface area (TPSA) is 116 Å². The summed E-state index contributed by atoms with van der Waals surface area (Å²) in [5.74, 6) is 0.0953. The quantitative estimate of drug-likeness (QED) is 0.513. The number of benzene rings is 2. The molecule has 0 bridgehead atoms. The first-order valence-electron chi connectivity index (χ1n) is 8.73. The average Bonchev–Trinajstić information content (AvgIpc) is 2.70. The fraction of sp³-hybridized carbons (Fsp3) is 0.316. The Morgan fingerprint density at radius 2 is 1.54 bits per heavy atom. The minimum absolute atomic E-state index is 0.0151. The predicted molar refractivity (Wildman–Crippen MR) is 101 cm³/mol. The van der Waals surface area contributed by atoms with Gasteiger partial charge in [-0.1, -0.05) is 0 Å². The van der Waals surface area contributed by atoms with Crippen LogP contribution in [0.5, 0.6) is 17.2 Å². The van der Waals surface area contributed by atoms with Crippen molar-refractivity contribution in [1.82, 2.24) is 10.4 Å². The molecule has 3 rings (SSSR count). The molecule has 1 saturated heterocycles. The van der Waals surface area contributed by atoms with E-state index in [-0.39, 0.29) is 23.5 Å². The van der Waals surface area contributed by atoms with Crippen LogP contribution in [0.3, 0.4) is 0 Å². The van der Waals surface area contributed by atoms with Gasteiger partial charge in [-0.3, -0.25) is 10.0 Å². The third-order valence-electron chi connectivity index (χ3n) is 5.03. The average molecular weight is 406 g/mol. The molecule has 8 nitrogen and oxygen atoms in total. The first-order valence-corrected chi connectivity index (χ1v) is 10.2. The van der Waals surface area contributed by atoms with E-state index in [1.807, 2.05) is 11.9 Å². The summed E-state index contributed by atoms with van der Waals surface area (Å²) in [6, 6.07) is 11.9. The monoisotopic (exact) mass is 406 g/mol. The van der Waals surface area contributed by atoms with Crippen molar-refractivity contribution in [2.24, 2.45) is 0 Å². The molecule has 0 aliphatic carbocycles. The summed E-state index contributed by atoms with van der Waals surface area (Å²) in [5.41, 5.74) is 1.53. The molecule has 0 atom stereocenters. The summed E-state index contributed by atoms with van der Waals surface area (Å²) in [5, 5.41) is 18.4. The number of phenols is 1. The summed E-state index contributed by atoms with van der Waals surface area (Å²) in [6.45, 7) is 0.851. The van der Waals surface area contributed by atoms with Gasteiger partial charge in [-0.05, 0) is 81.5 Å². The highest BCUT2D eigenvalue weighted by atomic mass is 32.2. The van der Waals surface area contributed by atoms with Crippen LogP contribution in [0.15, 0.2) is 53.4 Å². The van der Waals surface area contributed by atoms with Gasteiger partial charge in [0.15, 0.2) is 14.6 Å². The maximum atomic E-state index is 13.3. The summed E-state index contributed by atoms with van der Waals surface area (Å²) in [6.07, 6.45) is 0.175. The maximum Gasteiger partial charge on any atom is 0.265 e. The lowest BCUT2D eigenvalue weighted by Crippen LogP contribution is -2.57. The molecule has 1 aliphatic heterocycles. The number of amides is 1. The Kier molecular flexibility index (Phi) is 5.59. The fourth-order valence-electron chi connectivity index (χ4n) is 3.26. The second-order valence-electron chi connectivity index (χ2n) is 6.81. The normalized spacial score (nSPS) is 17.1. The zero-order chi connectivity index (χ0) is 20.4. The Hall–Kier alpha value is -2.62. The van der Waals surface area contributed by atoms with E-state index >= 15 is 0 Å². The van der Waals surface area contributed by atoms with E-state index in [1.165, 1.54) is 41.9 Å². The lowest BCUT2D eigenvalue weighted by atomic mass is 9.95. The number of ether oxygens (including phenoxy) is 1. The van der Waals surface area contributed by atoms with Gasteiger partial charge in [0, 0.05) is 0 Å². The highest BCUT2D eigenvalue weighted by Gasteiger charge is 2.52. The van der Waals surface area contributed by atoms with Crippen LogP contribution in [0.4, 0.5) is 0 Å². The van der Waals surface area contributed by atoms with E-state index in [4.69, 9.17) is 9.94 Å². The summed E-state index contributed by atoms with van der Waals surface area (Å²) in [7, 11) is -2.19. The van der Waals surface area contributed by atoms with Crippen molar-refractivity contribution in [3.05, 3.63) is 48.5 Å². The van der Waals surface area contributed by atoms with Crippen molar-refractivity contribution in [2.75, 3.05) is 20.1 Å². The van der Waals surface area contributed by atoms with E-state index in [2.05, 4.69) is 0 Å². The number of hydrogen-bond acceptors (Lipinski definition) is 7. The zero-order valence-electron chi connectivity index (χ0n) is 15.3. The molecule has 1 amide bonds. The van der Waals surface area contributed by atoms with E-state index in [0.717, 1.165) is 0 Å². The van der Waals surface area contributed by atoms with Crippen molar-refractivity contribution in [1.29, 1.82) is 0 Å². The van der Waals surface area contributed by atoms with Crippen LogP contribution >= 0.6 is 0 Å². The number of aromatic hydroxyl groups is 1. The number of nitrogens with one attached hydrogen (secondary N) is 1. The smallest absolute Gasteiger partial charge is 0.265 e. The number of carbonyl (C=O) groups excluding carboxylic acids is 1. The molecule has 1 fully saturated rings. The number of sulfone groups is 1. The maximum absolute atomic E-state index is 13.3. The van der Waals surface area contributed by atoms with Crippen LogP contribution in [0.25, 0.3) is 0 Å². The second-order valence-corrected chi connectivity index (χ2v) is 9.07. The van der Waals surface area contributed by atoms with Crippen LogP contribution in [0.1, 0.15) is 12.8 Å². The second kappa shape index (κ2) is 7.78. The van der Waals surface area contributed by atoms with Crippen LogP contribution in [-0.2, 0) is 14.6 Å². The Labute approximate surface area is 163 Å². The van der Waals surface area contributed by atoms with Gasteiger partial charge in [-0.25, -0.2) is 13.9 Å². The molecule has 9 heteroatoms. The molecule has 3 N–H and O–H groups in total. The van der Waals surface area contributed by atoms with Gasteiger partial charge in [0.1, 0.15) is 17.2 Å². The molecule has 150 valence electrons. The van der Waals surface area contributed by atoms with Gasteiger partial charge in [0.05, 0.1) is 4.90 Å². The highest BCUT2D eigenvalue weighted by molar-refractivity contribution is 7.93. The Morgan fingerprint density at radius 3 is 2.04 bits per heavy atom. The first kappa shape index (κ1) is 20.1. The molecular formula is C19H22N2O6S. The number of hydroxylamine groups is 1. The lowest BCUT2D eigenvalue weighted by Gasteiger charge is -2.38. The van der Waals surface area contributed by atoms with Gasteiger partial charge < -0.3 is 14.7 Å². The summed E-state index contributed by atoms with van der Waals surface area (Å²) < 4.78 is 30.4. The lowest BCUT2D eigenvalue weighted by molar-refractivity contribution is -0.133. The Morgan fingerprint density at radius 1 is 1.04 bits per heavy atom. The number of phenolic OH excluding ortho intramolecular Hbond substituents is 1. The molecule has 0 radical (unpaired) electrons. The number of nitrogens with zero attached hydrogens (tertiary/aromatic N) is 1. The summed E-state index contributed by atoms with van der Waals surface area (Å²) >= 11 is 0. The van der Waals surface area contributed by atoms with Crippen LogP contribution < -0.4 is 10.2 Å². The molecule has 0 unspecified atom stereocenters. The van der Waals surface area contributed by atoms with Crippen LogP contribution in [0, 0.1) is 0 Å². The predicted octanol–water partition coefficient (Wildman–Crippen LogP) is 1.93. The Bertz CT molecular complexity index is 933. The molecule has 2 aromatic rings. The van der Waals surface area contributed by atoms with Gasteiger partial charge >= 0.3 is 0 Å². The first-order chi connectivity index (χ1) is 13.3. The molecule has 0 aromatic heterocycles. The van der Waals surface area contributed by atoms with Gasteiger partial charge in [0.25, 0.3) is 5.91 Å². The number of rotatable bonds is 5. The highest BCUT2D eigenvalue weighted by Crippen LogP contribution is 2.36. The number of likely N-dealkylation sites (tertiary alicyclic amines) is 1. The third-order valence-corrected chi connectivity index (χ3v) is 7.55. The van der Waals surface area contributed by atoms with E-state index in [1.54, 1.807) is 12.1 Å². The number of carbonyl (C=O) groups is 1. The van der Waals surface area contributed by atoms with Gasteiger partial charge in [-0.15, -0.1) is 0 Å². The SMILES string of the molecule is CN1CCC(C(=O)NO)(S(=O)(=O)c2ccc(Oc3ccc(O)cc3)cc2)CC1. The number of piperidine rings is 1. The van der Waals surface area contributed by atoms with Crippen molar-refractivity contribution in [3.63, 3.8) is 0 Å². The van der Waals surface area contributed by atoms with Gasteiger partial charge in [0.2, 0.25) is 0 Å². The molecule has 2 aromatic carbocycles.